The normalized spacial score (nSPS) is 12.2. The van der Waals surface area contributed by atoms with Crippen molar-refractivity contribution in [2.45, 2.75) is 0 Å². The molecule has 5 heteroatoms. The summed E-state index contributed by atoms with van der Waals surface area (Å²) in [5.74, 6) is 1.15. The molecule has 0 fully saturated rings. The first-order valence-corrected chi connectivity index (χ1v) is 10.8. The summed E-state index contributed by atoms with van der Waals surface area (Å²) in [5.41, 5.74) is 0.918. The Morgan fingerprint density at radius 3 is 1.53 bits per heavy atom. The third-order valence-corrected chi connectivity index (χ3v) is 5.81. The van der Waals surface area contributed by atoms with Gasteiger partial charge < -0.3 is 9.47 Å². The first-order chi connectivity index (χ1) is 16.7. The Hall–Kier alpha value is -4.77. The molecule has 1 heterocycles. The number of benzene rings is 4. The molecule has 1 aliphatic carbocycles. The Labute approximate surface area is 195 Å². The van der Waals surface area contributed by atoms with E-state index in [0.29, 0.717) is 39.3 Å². The number of hydrogen-bond donors (Lipinski definition) is 0. The summed E-state index contributed by atoms with van der Waals surface area (Å²) >= 11 is 0. The van der Waals surface area contributed by atoms with Gasteiger partial charge in [0.1, 0.15) is 23.0 Å². The zero-order valence-corrected chi connectivity index (χ0v) is 17.9. The quantitative estimate of drug-likeness (QED) is 0.307. The van der Waals surface area contributed by atoms with Crippen LogP contribution in [0.2, 0.25) is 0 Å². The van der Waals surface area contributed by atoms with Crippen molar-refractivity contribution in [2.24, 2.45) is 0 Å². The van der Waals surface area contributed by atoms with E-state index >= 15 is 0 Å². The number of nitrogens with zero attached hydrogens (tertiary/aromatic N) is 1. The van der Waals surface area contributed by atoms with E-state index in [2.05, 4.69) is 4.98 Å². The van der Waals surface area contributed by atoms with E-state index in [0.717, 1.165) is 0 Å². The van der Waals surface area contributed by atoms with Gasteiger partial charge in [0.25, 0.3) is 0 Å². The summed E-state index contributed by atoms with van der Waals surface area (Å²) in [5, 5.41) is 1.35. The lowest BCUT2D eigenvalue weighted by molar-refractivity contribution is 0.0975. The second kappa shape index (κ2) is 7.98. The minimum absolute atomic E-state index is 0.180. The van der Waals surface area contributed by atoms with Gasteiger partial charge in [-0.15, -0.1) is 0 Å². The van der Waals surface area contributed by atoms with Gasteiger partial charge in [0, 0.05) is 28.7 Å². The highest BCUT2D eigenvalue weighted by atomic mass is 16.5. The van der Waals surface area contributed by atoms with Crippen LogP contribution in [0.15, 0.2) is 103 Å². The van der Waals surface area contributed by atoms with E-state index < -0.39 is 0 Å². The Morgan fingerprint density at radius 2 is 1.00 bits per heavy atom. The van der Waals surface area contributed by atoms with Crippen LogP contribution in [0, 0.1) is 0 Å². The average Bonchev–Trinajstić information content (AvgIpc) is 2.89. The van der Waals surface area contributed by atoms with E-state index in [9.17, 15) is 9.59 Å². The SMILES string of the molecule is O=C1c2ccncc2C(=O)c2c1c(Oc1ccccc1)c1ccccc1c2Oc1ccccc1. The van der Waals surface area contributed by atoms with Gasteiger partial charge in [-0.05, 0) is 30.3 Å². The summed E-state index contributed by atoms with van der Waals surface area (Å²) in [6.45, 7) is 0. The summed E-state index contributed by atoms with van der Waals surface area (Å²) in [6.07, 6.45) is 2.94. The number of fused-ring (bicyclic) bond motifs is 3. The number of aromatic nitrogens is 1. The van der Waals surface area contributed by atoms with Crippen LogP contribution in [0.1, 0.15) is 31.8 Å². The molecule has 4 aromatic carbocycles. The first-order valence-electron chi connectivity index (χ1n) is 10.8. The van der Waals surface area contributed by atoms with Gasteiger partial charge in [0.05, 0.1) is 16.7 Å². The zero-order valence-electron chi connectivity index (χ0n) is 17.9. The van der Waals surface area contributed by atoms with Crippen LogP contribution in [0.25, 0.3) is 10.8 Å². The molecule has 0 saturated carbocycles. The van der Waals surface area contributed by atoms with E-state index in [-0.39, 0.29) is 28.3 Å². The summed E-state index contributed by atoms with van der Waals surface area (Å²) in [7, 11) is 0. The number of carbonyl (C=O) groups is 2. The Balaban J connectivity index is 1.69. The molecule has 1 aromatic heterocycles. The van der Waals surface area contributed by atoms with Crippen LogP contribution < -0.4 is 9.47 Å². The smallest absolute Gasteiger partial charge is 0.199 e. The molecule has 0 aliphatic heterocycles. The van der Waals surface area contributed by atoms with Crippen molar-refractivity contribution in [3.05, 3.63) is 126 Å². The molecule has 1 aliphatic rings. The van der Waals surface area contributed by atoms with Gasteiger partial charge in [-0.3, -0.25) is 14.6 Å². The van der Waals surface area contributed by atoms with Gasteiger partial charge in [-0.25, -0.2) is 0 Å². The van der Waals surface area contributed by atoms with Crippen LogP contribution in [-0.2, 0) is 0 Å². The fourth-order valence-electron chi connectivity index (χ4n) is 4.28. The van der Waals surface area contributed by atoms with Crippen LogP contribution in [0.5, 0.6) is 23.0 Å². The second-order valence-corrected chi connectivity index (χ2v) is 7.86. The molecule has 5 nitrogen and oxygen atoms in total. The van der Waals surface area contributed by atoms with Gasteiger partial charge in [-0.2, -0.15) is 0 Å². The van der Waals surface area contributed by atoms with Crippen LogP contribution in [-0.4, -0.2) is 16.6 Å². The van der Waals surface area contributed by atoms with Crippen molar-refractivity contribution in [3.63, 3.8) is 0 Å². The fraction of sp³-hybridized carbons (Fsp3) is 0. The topological polar surface area (TPSA) is 65.5 Å². The zero-order chi connectivity index (χ0) is 23.1. The standard InChI is InChI=1S/C29H17NO4/c31-26-20-15-16-30-17-23(20)27(32)25-24(26)28(33-18-9-3-1-4-10-18)21-13-7-8-14-22(21)29(25)34-19-11-5-2-6-12-19/h1-17H. The molecular formula is C29H17NO4. The molecule has 34 heavy (non-hydrogen) atoms. The number of rotatable bonds is 4. The van der Waals surface area contributed by atoms with E-state index in [1.165, 1.54) is 12.4 Å². The number of ketones is 2. The molecule has 162 valence electrons. The Kier molecular flexibility index (Phi) is 4.66. The summed E-state index contributed by atoms with van der Waals surface area (Å²) < 4.78 is 12.6. The summed E-state index contributed by atoms with van der Waals surface area (Å²) in [6, 6.07) is 27.4. The van der Waals surface area contributed by atoms with Crippen molar-refractivity contribution in [1.29, 1.82) is 0 Å². The third kappa shape index (κ3) is 3.14. The lowest BCUT2D eigenvalue weighted by atomic mass is 9.82. The molecule has 5 aromatic rings. The maximum atomic E-state index is 13.8. The molecule has 0 unspecified atom stereocenters. The lowest BCUT2D eigenvalue weighted by Gasteiger charge is -2.24. The van der Waals surface area contributed by atoms with Crippen molar-refractivity contribution in [1.82, 2.24) is 4.98 Å². The van der Waals surface area contributed by atoms with Crippen molar-refractivity contribution in [2.75, 3.05) is 0 Å². The molecule has 0 saturated heterocycles. The van der Waals surface area contributed by atoms with Gasteiger partial charge in [0.15, 0.2) is 11.6 Å². The van der Waals surface area contributed by atoms with Gasteiger partial charge in [0.2, 0.25) is 0 Å². The van der Waals surface area contributed by atoms with E-state index in [1.54, 1.807) is 18.2 Å². The average molecular weight is 443 g/mol. The van der Waals surface area contributed by atoms with E-state index in [1.807, 2.05) is 72.8 Å². The highest BCUT2D eigenvalue weighted by Crippen LogP contribution is 2.47. The highest BCUT2D eigenvalue weighted by molar-refractivity contribution is 6.32. The maximum Gasteiger partial charge on any atom is 0.199 e. The van der Waals surface area contributed by atoms with Crippen molar-refractivity contribution >= 4 is 22.3 Å². The van der Waals surface area contributed by atoms with Gasteiger partial charge >= 0.3 is 0 Å². The molecule has 0 bridgehead atoms. The lowest BCUT2D eigenvalue weighted by Crippen LogP contribution is -2.23. The predicted molar refractivity (Wildman–Crippen MR) is 128 cm³/mol. The minimum atomic E-state index is -0.327. The first kappa shape index (κ1) is 19.9. The van der Waals surface area contributed by atoms with Crippen LogP contribution in [0.3, 0.4) is 0 Å². The maximum absolute atomic E-state index is 13.8. The van der Waals surface area contributed by atoms with E-state index in [4.69, 9.17) is 9.47 Å². The Bertz CT molecular complexity index is 1460. The van der Waals surface area contributed by atoms with Crippen molar-refractivity contribution < 1.29 is 19.1 Å². The number of hydrogen-bond acceptors (Lipinski definition) is 5. The molecule has 0 atom stereocenters. The number of pyridine rings is 1. The molecule has 0 spiro atoms. The molecule has 6 rings (SSSR count). The summed E-state index contributed by atoms with van der Waals surface area (Å²) in [4.78, 5) is 31.7. The monoisotopic (exact) mass is 443 g/mol. The molecular weight excluding hydrogens is 426 g/mol. The number of para-hydroxylation sites is 2. The third-order valence-electron chi connectivity index (χ3n) is 5.81. The van der Waals surface area contributed by atoms with Crippen LogP contribution >= 0.6 is 0 Å². The van der Waals surface area contributed by atoms with Gasteiger partial charge in [-0.1, -0.05) is 60.7 Å². The molecule has 0 N–H and O–H groups in total. The van der Waals surface area contributed by atoms with Crippen molar-refractivity contribution in [3.8, 4) is 23.0 Å². The second-order valence-electron chi connectivity index (χ2n) is 7.86. The van der Waals surface area contributed by atoms with Crippen LogP contribution in [0.4, 0.5) is 0 Å². The fourth-order valence-corrected chi connectivity index (χ4v) is 4.28. The predicted octanol–water partition coefficient (Wildman–Crippen LogP) is 6.59. The minimum Gasteiger partial charge on any atom is -0.456 e. The largest absolute Gasteiger partial charge is 0.456 e. The highest BCUT2D eigenvalue weighted by Gasteiger charge is 2.37. The number of ether oxygens (including phenoxy) is 2. The molecule has 0 amide bonds. The number of carbonyl (C=O) groups excluding carboxylic acids is 2. The molecule has 0 radical (unpaired) electrons. The Morgan fingerprint density at radius 1 is 0.529 bits per heavy atom.